The molecular weight excluding hydrogens is 297 g/mol. The van der Waals surface area contributed by atoms with Crippen LogP contribution in [0.4, 0.5) is 10.3 Å². The highest BCUT2D eigenvalue weighted by Gasteiger charge is 2.23. The Hall–Kier alpha value is -2.70. The summed E-state index contributed by atoms with van der Waals surface area (Å²) in [4.78, 5) is 6.63. The first-order chi connectivity index (χ1) is 11.2. The molecule has 7 heteroatoms. The normalized spacial score (nSPS) is 14.1. The van der Waals surface area contributed by atoms with Crippen molar-refractivity contribution >= 4 is 17.0 Å². The highest BCUT2D eigenvalue weighted by atomic mass is 19.1. The first-order valence-electron chi connectivity index (χ1n) is 7.42. The Morgan fingerprint density at radius 2 is 2.13 bits per heavy atom. The van der Waals surface area contributed by atoms with E-state index in [1.54, 1.807) is 13.2 Å². The summed E-state index contributed by atoms with van der Waals surface area (Å²) in [5.41, 5.74) is 3.24. The summed E-state index contributed by atoms with van der Waals surface area (Å²) in [5, 5.41) is 8.22. The second-order valence-corrected chi connectivity index (χ2v) is 5.61. The Balaban J connectivity index is 1.74. The van der Waals surface area contributed by atoms with Crippen LogP contribution in [0.15, 0.2) is 24.3 Å². The fourth-order valence-electron chi connectivity index (χ4n) is 3.03. The van der Waals surface area contributed by atoms with Gasteiger partial charge in [-0.3, -0.25) is 0 Å². The number of methoxy groups -OCH3 is 1. The van der Waals surface area contributed by atoms with Crippen molar-refractivity contribution in [1.29, 1.82) is 0 Å². The summed E-state index contributed by atoms with van der Waals surface area (Å²) in [6.07, 6.45) is 0.776. The summed E-state index contributed by atoms with van der Waals surface area (Å²) in [6.45, 7) is 1.42. The Bertz CT molecular complexity index is 892. The molecule has 0 spiro atoms. The van der Waals surface area contributed by atoms with Crippen molar-refractivity contribution in [2.24, 2.45) is 7.05 Å². The summed E-state index contributed by atoms with van der Waals surface area (Å²) >= 11 is 0. The van der Waals surface area contributed by atoms with Gasteiger partial charge in [0.2, 0.25) is 11.8 Å². The van der Waals surface area contributed by atoms with Crippen molar-refractivity contribution < 1.29 is 9.13 Å². The van der Waals surface area contributed by atoms with E-state index in [1.165, 1.54) is 6.07 Å². The van der Waals surface area contributed by atoms with Gasteiger partial charge in [0.05, 0.1) is 18.3 Å². The minimum absolute atomic E-state index is 0.297. The molecule has 3 heterocycles. The number of hydrogen-bond acceptors (Lipinski definition) is 5. The third-order valence-corrected chi connectivity index (χ3v) is 4.25. The third kappa shape index (κ3) is 2.19. The molecule has 0 N–H and O–H groups in total. The average molecular weight is 313 g/mol. The van der Waals surface area contributed by atoms with Gasteiger partial charge in [0.15, 0.2) is 5.82 Å². The SMILES string of the molecule is COc1cc2c(nn1)CCN(c1nc3c(F)cccc3n1C)C2. The quantitative estimate of drug-likeness (QED) is 0.725. The Kier molecular flexibility index (Phi) is 3.14. The van der Waals surface area contributed by atoms with Crippen LogP contribution < -0.4 is 9.64 Å². The van der Waals surface area contributed by atoms with Crippen LogP contribution in [-0.4, -0.2) is 33.4 Å². The monoisotopic (exact) mass is 313 g/mol. The predicted octanol–water partition coefficient (Wildman–Crippen LogP) is 2.07. The molecule has 0 amide bonds. The largest absolute Gasteiger partial charge is 0.480 e. The minimum atomic E-state index is -0.297. The van der Waals surface area contributed by atoms with Crippen LogP contribution in [0.2, 0.25) is 0 Å². The lowest BCUT2D eigenvalue weighted by Gasteiger charge is -2.28. The van der Waals surface area contributed by atoms with Gasteiger partial charge < -0.3 is 14.2 Å². The van der Waals surface area contributed by atoms with Crippen LogP contribution >= 0.6 is 0 Å². The molecule has 1 aromatic carbocycles. The molecule has 1 aliphatic heterocycles. The van der Waals surface area contributed by atoms with E-state index < -0.39 is 0 Å². The molecule has 1 aliphatic rings. The highest BCUT2D eigenvalue weighted by molar-refractivity contribution is 5.79. The first-order valence-corrected chi connectivity index (χ1v) is 7.42. The number of hydrogen-bond donors (Lipinski definition) is 0. The van der Waals surface area contributed by atoms with Gasteiger partial charge in [0.1, 0.15) is 5.52 Å². The molecule has 0 saturated heterocycles. The number of benzene rings is 1. The van der Waals surface area contributed by atoms with Crippen LogP contribution in [0.25, 0.3) is 11.0 Å². The Morgan fingerprint density at radius 1 is 1.26 bits per heavy atom. The molecule has 4 rings (SSSR count). The van der Waals surface area contributed by atoms with Crippen molar-refractivity contribution in [2.45, 2.75) is 13.0 Å². The average Bonchev–Trinajstić information content (AvgIpc) is 2.92. The zero-order valence-corrected chi connectivity index (χ0v) is 13.0. The lowest BCUT2D eigenvalue weighted by molar-refractivity contribution is 0.389. The topological polar surface area (TPSA) is 56.1 Å². The lowest BCUT2D eigenvalue weighted by Crippen LogP contribution is -2.33. The van der Waals surface area contributed by atoms with E-state index in [4.69, 9.17) is 4.74 Å². The molecule has 23 heavy (non-hydrogen) atoms. The van der Waals surface area contributed by atoms with E-state index in [0.717, 1.165) is 35.7 Å². The Labute approximate surface area is 132 Å². The number of anilines is 1. The number of imidazole rings is 1. The van der Waals surface area contributed by atoms with Gasteiger partial charge >= 0.3 is 0 Å². The smallest absolute Gasteiger partial charge is 0.233 e. The molecule has 2 aromatic heterocycles. The molecule has 3 aromatic rings. The van der Waals surface area contributed by atoms with Crippen molar-refractivity contribution in [2.75, 3.05) is 18.6 Å². The van der Waals surface area contributed by atoms with E-state index in [-0.39, 0.29) is 5.82 Å². The second-order valence-electron chi connectivity index (χ2n) is 5.61. The van der Waals surface area contributed by atoms with Crippen LogP contribution in [0, 0.1) is 5.82 Å². The van der Waals surface area contributed by atoms with E-state index in [0.29, 0.717) is 17.9 Å². The maximum atomic E-state index is 14.0. The highest BCUT2D eigenvalue weighted by Crippen LogP contribution is 2.27. The van der Waals surface area contributed by atoms with Crippen LogP contribution in [0.1, 0.15) is 11.3 Å². The molecule has 0 aliphatic carbocycles. The number of fused-ring (bicyclic) bond motifs is 2. The number of aryl methyl sites for hydroxylation is 1. The number of nitrogens with zero attached hydrogens (tertiary/aromatic N) is 5. The fourth-order valence-corrected chi connectivity index (χ4v) is 3.03. The van der Waals surface area contributed by atoms with Gasteiger partial charge in [-0.05, 0) is 12.1 Å². The number of aromatic nitrogens is 4. The minimum Gasteiger partial charge on any atom is -0.480 e. The molecule has 118 valence electrons. The first kappa shape index (κ1) is 13.9. The third-order valence-electron chi connectivity index (χ3n) is 4.25. The van der Waals surface area contributed by atoms with Gasteiger partial charge in [-0.25, -0.2) is 9.37 Å². The molecule has 0 bridgehead atoms. The number of para-hydroxylation sites is 1. The zero-order valence-electron chi connectivity index (χ0n) is 13.0. The maximum absolute atomic E-state index is 14.0. The zero-order chi connectivity index (χ0) is 16.0. The predicted molar refractivity (Wildman–Crippen MR) is 84.0 cm³/mol. The number of ether oxygens (including phenoxy) is 1. The van der Waals surface area contributed by atoms with Crippen LogP contribution in [-0.2, 0) is 20.0 Å². The van der Waals surface area contributed by atoms with E-state index in [9.17, 15) is 4.39 Å². The molecule has 0 fully saturated rings. The fraction of sp³-hybridized carbons (Fsp3) is 0.312. The summed E-state index contributed by atoms with van der Waals surface area (Å²) in [7, 11) is 3.48. The van der Waals surface area contributed by atoms with Gasteiger partial charge in [-0.15, -0.1) is 5.10 Å². The van der Waals surface area contributed by atoms with Crippen molar-refractivity contribution in [3.8, 4) is 5.88 Å². The molecule has 0 atom stereocenters. The van der Waals surface area contributed by atoms with Crippen LogP contribution in [0.3, 0.4) is 0 Å². The molecule has 0 saturated carbocycles. The summed E-state index contributed by atoms with van der Waals surface area (Å²) in [6, 6.07) is 6.92. The van der Waals surface area contributed by atoms with Gasteiger partial charge in [0, 0.05) is 38.2 Å². The standard InChI is InChI=1S/C16H16FN5O/c1-21-13-5-3-4-11(17)15(13)18-16(21)22-7-6-12-10(9-22)8-14(23-2)20-19-12/h3-5,8H,6-7,9H2,1-2H3. The number of rotatable bonds is 2. The number of halogens is 1. The van der Waals surface area contributed by atoms with Crippen molar-refractivity contribution in [3.05, 3.63) is 41.3 Å². The van der Waals surface area contributed by atoms with Crippen LogP contribution in [0.5, 0.6) is 5.88 Å². The Morgan fingerprint density at radius 3 is 2.91 bits per heavy atom. The van der Waals surface area contributed by atoms with Gasteiger partial charge in [-0.1, -0.05) is 6.07 Å². The molecular formula is C16H16FN5O. The van der Waals surface area contributed by atoms with Gasteiger partial charge in [-0.2, -0.15) is 5.10 Å². The van der Waals surface area contributed by atoms with Crippen molar-refractivity contribution in [1.82, 2.24) is 19.7 Å². The van der Waals surface area contributed by atoms with E-state index in [2.05, 4.69) is 20.1 Å². The lowest BCUT2D eigenvalue weighted by atomic mass is 10.1. The molecule has 0 unspecified atom stereocenters. The van der Waals surface area contributed by atoms with Crippen molar-refractivity contribution in [3.63, 3.8) is 0 Å². The molecule has 0 radical (unpaired) electrons. The second kappa shape index (κ2) is 5.19. The van der Waals surface area contributed by atoms with E-state index >= 15 is 0 Å². The van der Waals surface area contributed by atoms with E-state index in [1.807, 2.05) is 23.7 Å². The van der Waals surface area contributed by atoms with Gasteiger partial charge in [0.25, 0.3) is 0 Å². The molecule has 6 nitrogen and oxygen atoms in total. The summed E-state index contributed by atoms with van der Waals surface area (Å²) < 4.78 is 21.0. The maximum Gasteiger partial charge on any atom is 0.233 e. The summed E-state index contributed by atoms with van der Waals surface area (Å²) in [5.74, 6) is 0.961.